The zero-order valence-electron chi connectivity index (χ0n) is 8.67. The molecule has 14 heavy (non-hydrogen) atoms. The van der Waals surface area contributed by atoms with Crippen LogP contribution in [0.15, 0.2) is 17.5 Å². The van der Waals surface area contributed by atoms with Gasteiger partial charge in [0.2, 0.25) is 0 Å². The van der Waals surface area contributed by atoms with Gasteiger partial charge in [-0.3, -0.25) is 0 Å². The van der Waals surface area contributed by atoms with E-state index in [1.165, 1.54) is 43.5 Å². The molecule has 0 saturated heterocycles. The molecule has 1 nitrogen and oxygen atoms in total. The summed E-state index contributed by atoms with van der Waals surface area (Å²) in [5.41, 5.74) is 0. The van der Waals surface area contributed by atoms with E-state index in [9.17, 15) is 0 Å². The highest BCUT2D eigenvalue weighted by atomic mass is 32.1. The smallest absolute Gasteiger partial charge is 0.0299 e. The molecule has 0 atom stereocenters. The minimum absolute atomic E-state index is 0.948. The lowest BCUT2D eigenvalue weighted by atomic mass is 9.89. The average molecular weight is 209 g/mol. The summed E-state index contributed by atoms with van der Waals surface area (Å²) in [5, 5.41) is 5.72. The minimum atomic E-state index is 0.948. The fraction of sp³-hybridized carbons (Fsp3) is 0.667. The highest BCUT2D eigenvalue weighted by Gasteiger charge is 2.12. The molecule has 0 radical (unpaired) electrons. The molecule has 1 aromatic rings. The normalized spacial score (nSPS) is 18.6. The summed E-state index contributed by atoms with van der Waals surface area (Å²) in [6, 6.07) is 4.33. The SMILES string of the molecule is c1csc(CNCC2CCCCC2)c1. The Morgan fingerprint density at radius 3 is 2.86 bits per heavy atom. The Morgan fingerprint density at radius 2 is 2.14 bits per heavy atom. The Balaban J connectivity index is 1.62. The van der Waals surface area contributed by atoms with Crippen LogP contribution in [0.5, 0.6) is 0 Å². The highest BCUT2D eigenvalue weighted by molar-refractivity contribution is 7.09. The van der Waals surface area contributed by atoms with Crippen LogP contribution in [-0.4, -0.2) is 6.54 Å². The predicted octanol–water partition coefficient (Wildman–Crippen LogP) is 3.42. The molecule has 0 bridgehead atoms. The Hall–Kier alpha value is -0.340. The van der Waals surface area contributed by atoms with E-state index in [-0.39, 0.29) is 0 Å². The summed E-state index contributed by atoms with van der Waals surface area (Å²) in [5.74, 6) is 0.948. The van der Waals surface area contributed by atoms with Crippen molar-refractivity contribution in [2.75, 3.05) is 6.54 Å². The van der Waals surface area contributed by atoms with Crippen LogP contribution in [0.3, 0.4) is 0 Å². The van der Waals surface area contributed by atoms with Crippen LogP contribution in [0.25, 0.3) is 0 Å². The van der Waals surface area contributed by atoms with Gasteiger partial charge in [0.15, 0.2) is 0 Å². The van der Waals surface area contributed by atoms with Crippen molar-refractivity contribution in [1.29, 1.82) is 0 Å². The first kappa shape index (κ1) is 10.2. The molecule has 1 aliphatic carbocycles. The lowest BCUT2D eigenvalue weighted by molar-refractivity contribution is 0.342. The molecule has 0 aromatic carbocycles. The Bertz CT molecular complexity index is 237. The van der Waals surface area contributed by atoms with Crippen molar-refractivity contribution in [3.05, 3.63) is 22.4 Å². The summed E-state index contributed by atoms with van der Waals surface area (Å²) >= 11 is 1.85. The maximum atomic E-state index is 3.57. The molecule has 1 fully saturated rings. The van der Waals surface area contributed by atoms with E-state index in [4.69, 9.17) is 0 Å². The van der Waals surface area contributed by atoms with E-state index in [2.05, 4.69) is 22.8 Å². The largest absolute Gasteiger partial charge is 0.312 e. The number of hydrogen-bond donors (Lipinski definition) is 1. The van der Waals surface area contributed by atoms with Gasteiger partial charge in [0.05, 0.1) is 0 Å². The second kappa shape index (κ2) is 5.52. The molecular formula is C12H19NS. The Morgan fingerprint density at radius 1 is 1.29 bits per heavy atom. The monoisotopic (exact) mass is 209 g/mol. The summed E-state index contributed by atoms with van der Waals surface area (Å²) in [6.45, 7) is 2.28. The second-order valence-electron chi connectivity index (χ2n) is 4.21. The molecule has 1 N–H and O–H groups in total. The standard InChI is InChI=1S/C12H19NS/c1-2-5-11(6-3-1)9-13-10-12-7-4-8-14-12/h4,7-8,11,13H,1-3,5-6,9-10H2. The minimum Gasteiger partial charge on any atom is -0.312 e. The van der Waals surface area contributed by atoms with E-state index < -0.39 is 0 Å². The molecule has 2 heteroatoms. The number of hydrogen-bond acceptors (Lipinski definition) is 2. The highest BCUT2D eigenvalue weighted by Crippen LogP contribution is 2.22. The number of nitrogens with one attached hydrogen (secondary N) is 1. The Labute approximate surface area is 90.5 Å². The van der Waals surface area contributed by atoms with Crippen LogP contribution in [-0.2, 0) is 6.54 Å². The predicted molar refractivity (Wildman–Crippen MR) is 62.6 cm³/mol. The van der Waals surface area contributed by atoms with Crippen LogP contribution in [0, 0.1) is 5.92 Å². The van der Waals surface area contributed by atoms with E-state index >= 15 is 0 Å². The molecule has 2 rings (SSSR count). The van der Waals surface area contributed by atoms with Crippen LogP contribution in [0.1, 0.15) is 37.0 Å². The third-order valence-electron chi connectivity index (χ3n) is 3.04. The fourth-order valence-corrected chi connectivity index (χ4v) is 2.88. The first-order chi connectivity index (χ1) is 6.95. The summed E-state index contributed by atoms with van der Waals surface area (Å²) in [4.78, 5) is 1.46. The van der Waals surface area contributed by atoms with Gasteiger partial charge in [-0.05, 0) is 36.8 Å². The molecule has 1 heterocycles. The van der Waals surface area contributed by atoms with Crippen molar-refractivity contribution < 1.29 is 0 Å². The molecule has 0 amide bonds. The second-order valence-corrected chi connectivity index (χ2v) is 5.25. The lowest BCUT2D eigenvalue weighted by Crippen LogP contribution is -2.23. The maximum absolute atomic E-state index is 3.57. The van der Waals surface area contributed by atoms with Crippen molar-refractivity contribution >= 4 is 11.3 Å². The number of thiophene rings is 1. The fourth-order valence-electron chi connectivity index (χ4n) is 2.20. The topological polar surface area (TPSA) is 12.0 Å². The van der Waals surface area contributed by atoms with E-state index in [0.29, 0.717) is 0 Å². The van der Waals surface area contributed by atoms with Crippen LogP contribution in [0.4, 0.5) is 0 Å². The quantitative estimate of drug-likeness (QED) is 0.801. The van der Waals surface area contributed by atoms with Crippen molar-refractivity contribution in [2.24, 2.45) is 5.92 Å². The molecule has 1 aliphatic rings. The first-order valence-corrected chi connectivity index (χ1v) is 6.56. The molecule has 1 saturated carbocycles. The molecule has 1 aromatic heterocycles. The van der Waals surface area contributed by atoms with Crippen molar-refractivity contribution in [1.82, 2.24) is 5.32 Å². The van der Waals surface area contributed by atoms with Gasteiger partial charge in [-0.1, -0.05) is 25.3 Å². The maximum Gasteiger partial charge on any atom is 0.0299 e. The lowest BCUT2D eigenvalue weighted by Gasteiger charge is -2.21. The first-order valence-electron chi connectivity index (χ1n) is 5.68. The molecule has 78 valence electrons. The van der Waals surface area contributed by atoms with Crippen LogP contribution < -0.4 is 5.32 Å². The van der Waals surface area contributed by atoms with Gasteiger partial charge < -0.3 is 5.32 Å². The van der Waals surface area contributed by atoms with Crippen molar-refractivity contribution in [3.63, 3.8) is 0 Å². The molecular weight excluding hydrogens is 190 g/mol. The molecule has 0 unspecified atom stereocenters. The van der Waals surface area contributed by atoms with Gasteiger partial charge in [-0.15, -0.1) is 11.3 Å². The molecule has 0 spiro atoms. The zero-order valence-corrected chi connectivity index (χ0v) is 9.48. The van der Waals surface area contributed by atoms with Crippen LogP contribution >= 0.6 is 11.3 Å². The van der Waals surface area contributed by atoms with Gasteiger partial charge in [0, 0.05) is 11.4 Å². The Kier molecular flexibility index (Phi) is 4.02. The van der Waals surface area contributed by atoms with E-state index in [0.717, 1.165) is 12.5 Å². The molecule has 0 aliphatic heterocycles. The van der Waals surface area contributed by atoms with Gasteiger partial charge in [0.25, 0.3) is 0 Å². The average Bonchev–Trinajstić information content (AvgIpc) is 2.72. The van der Waals surface area contributed by atoms with Crippen molar-refractivity contribution in [3.8, 4) is 0 Å². The summed E-state index contributed by atoms with van der Waals surface area (Å²) in [6.07, 6.45) is 7.24. The third kappa shape index (κ3) is 3.10. The van der Waals surface area contributed by atoms with Crippen LogP contribution in [0.2, 0.25) is 0 Å². The number of rotatable bonds is 4. The van der Waals surface area contributed by atoms with E-state index in [1.54, 1.807) is 0 Å². The van der Waals surface area contributed by atoms with Crippen molar-refractivity contribution in [2.45, 2.75) is 38.6 Å². The van der Waals surface area contributed by atoms with Gasteiger partial charge in [0.1, 0.15) is 0 Å². The zero-order chi connectivity index (χ0) is 9.64. The van der Waals surface area contributed by atoms with Gasteiger partial charge in [-0.25, -0.2) is 0 Å². The summed E-state index contributed by atoms with van der Waals surface area (Å²) in [7, 11) is 0. The third-order valence-corrected chi connectivity index (χ3v) is 3.91. The van der Waals surface area contributed by atoms with E-state index in [1.807, 2.05) is 11.3 Å². The van der Waals surface area contributed by atoms with Gasteiger partial charge >= 0.3 is 0 Å². The van der Waals surface area contributed by atoms with Gasteiger partial charge in [-0.2, -0.15) is 0 Å². The summed E-state index contributed by atoms with van der Waals surface area (Å²) < 4.78 is 0.